The van der Waals surface area contributed by atoms with E-state index in [1.54, 1.807) is 55.6 Å². The fourth-order valence-corrected chi connectivity index (χ4v) is 4.39. The van der Waals surface area contributed by atoms with Crippen LogP contribution in [0.5, 0.6) is 11.5 Å². The largest absolute Gasteiger partial charge is 0.507 e. The average Bonchev–Trinajstić information content (AvgIpc) is 3.09. The van der Waals surface area contributed by atoms with Crippen molar-refractivity contribution in [3.05, 3.63) is 77.4 Å². The number of benzene rings is 3. The van der Waals surface area contributed by atoms with Crippen molar-refractivity contribution in [3.63, 3.8) is 0 Å². The number of aromatic hydroxyl groups is 1. The summed E-state index contributed by atoms with van der Waals surface area (Å²) in [4.78, 5) is 29.7. The Kier molecular flexibility index (Phi) is 6.56. The minimum absolute atomic E-state index is 0.0365. The number of phenols is 1. The third-order valence-corrected chi connectivity index (χ3v) is 6.13. The van der Waals surface area contributed by atoms with Crippen molar-refractivity contribution in [2.45, 2.75) is 12.5 Å². The molecule has 2 N–H and O–H groups in total. The van der Waals surface area contributed by atoms with E-state index in [9.17, 15) is 19.8 Å². The standard InChI is InChI=1S/C27H28N2O5/c1-28(2)15-6-16-29-23(18-9-12-19(34-3)13-10-18)22(26(32)27(29)33)25(31)21-14-11-17-7-4-5-8-20(17)24(21)30/h4-5,7-14,23,30-31H,6,15-16H2,1-3H3/b25-22+. The average molecular weight is 461 g/mol. The van der Waals surface area contributed by atoms with Gasteiger partial charge in [-0.25, -0.2) is 0 Å². The van der Waals surface area contributed by atoms with Crippen molar-refractivity contribution in [1.29, 1.82) is 0 Å². The third-order valence-electron chi connectivity index (χ3n) is 6.13. The molecule has 0 saturated carbocycles. The van der Waals surface area contributed by atoms with Crippen LogP contribution in [0.25, 0.3) is 16.5 Å². The van der Waals surface area contributed by atoms with E-state index >= 15 is 0 Å². The normalized spacial score (nSPS) is 17.6. The van der Waals surface area contributed by atoms with Crippen molar-refractivity contribution in [2.24, 2.45) is 0 Å². The number of carbonyl (C=O) groups excluding carboxylic acids is 2. The molecule has 4 rings (SSSR count). The first kappa shape index (κ1) is 23.3. The highest BCUT2D eigenvalue weighted by molar-refractivity contribution is 6.46. The van der Waals surface area contributed by atoms with Crippen LogP contribution in [0, 0.1) is 0 Å². The van der Waals surface area contributed by atoms with Gasteiger partial charge < -0.3 is 24.7 Å². The molecule has 7 nitrogen and oxygen atoms in total. The van der Waals surface area contributed by atoms with Crippen LogP contribution < -0.4 is 4.74 Å². The van der Waals surface area contributed by atoms with Gasteiger partial charge in [0.25, 0.3) is 11.7 Å². The summed E-state index contributed by atoms with van der Waals surface area (Å²) in [5, 5.41) is 23.5. The number of rotatable bonds is 7. The molecular weight excluding hydrogens is 432 g/mol. The summed E-state index contributed by atoms with van der Waals surface area (Å²) in [6.07, 6.45) is 0.661. The number of aliphatic hydroxyl groups is 1. The minimum Gasteiger partial charge on any atom is -0.507 e. The van der Waals surface area contributed by atoms with Gasteiger partial charge >= 0.3 is 0 Å². The van der Waals surface area contributed by atoms with E-state index in [1.807, 2.05) is 31.1 Å². The first-order valence-electron chi connectivity index (χ1n) is 11.1. The molecule has 7 heteroatoms. The number of hydrogen-bond acceptors (Lipinski definition) is 6. The Morgan fingerprint density at radius 1 is 1.03 bits per heavy atom. The lowest BCUT2D eigenvalue weighted by Crippen LogP contribution is -2.32. The number of fused-ring (bicyclic) bond motifs is 1. The van der Waals surface area contributed by atoms with Gasteiger partial charge in [-0.15, -0.1) is 0 Å². The highest BCUT2D eigenvalue weighted by Crippen LogP contribution is 2.42. The smallest absolute Gasteiger partial charge is 0.295 e. The molecule has 1 amide bonds. The molecule has 0 aromatic heterocycles. The van der Waals surface area contributed by atoms with E-state index in [1.165, 1.54) is 4.90 Å². The SMILES string of the molecule is COc1ccc(C2/C(=C(\O)c3ccc4ccccc4c3O)C(=O)C(=O)N2CCCN(C)C)cc1. The van der Waals surface area contributed by atoms with E-state index in [0.717, 1.165) is 11.9 Å². The predicted octanol–water partition coefficient (Wildman–Crippen LogP) is 3.93. The molecule has 1 atom stereocenters. The van der Waals surface area contributed by atoms with E-state index in [0.29, 0.717) is 29.7 Å². The van der Waals surface area contributed by atoms with E-state index < -0.39 is 23.5 Å². The minimum atomic E-state index is -0.779. The van der Waals surface area contributed by atoms with E-state index in [4.69, 9.17) is 4.74 Å². The molecule has 0 radical (unpaired) electrons. The number of carbonyl (C=O) groups is 2. The second-order valence-electron chi connectivity index (χ2n) is 8.61. The van der Waals surface area contributed by atoms with Gasteiger partial charge in [-0.3, -0.25) is 9.59 Å². The number of likely N-dealkylation sites (tertiary alicyclic amines) is 1. The Morgan fingerprint density at radius 3 is 2.41 bits per heavy atom. The summed E-state index contributed by atoms with van der Waals surface area (Å²) in [6, 6.07) is 16.8. The number of Topliss-reactive ketones (excluding diaryl/α,β-unsaturated/α-hetero) is 1. The van der Waals surface area contributed by atoms with Crippen LogP contribution in [0.3, 0.4) is 0 Å². The first-order valence-corrected chi connectivity index (χ1v) is 11.1. The molecule has 1 aliphatic heterocycles. The van der Waals surface area contributed by atoms with Crippen LogP contribution in [0.2, 0.25) is 0 Å². The molecule has 1 heterocycles. The maximum absolute atomic E-state index is 13.2. The Hall–Kier alpha value is -3.84. The molecule has 176 valence electrons. The molecular formula is C27H28N2O5. The zero-order chi connectivity index (χ0) is 24.4. The number of methoxy groups -OCH3 is 1. The molecule has 0 aliphatic carbocycles. The summed E-state index contributed by atoms with van der Waals surface area (Å²) in [6.45, 7) is 1.09. The Balaban J connectivity index is 1.85. The monoisotopic (exact) mass is 460 g/mol. The van der Waals surface area contributed by atoms with Gasteiger partial charge in [-0.2, -0.15) is 0 Å². The van der Waals surface area contributed by atoms with Gasteiger partial charge in [0, 0.05) is 11.9 Å². The molecule has 1 saturated heterocycles. The highest BCUT2D eigenvalue weighted by Gasteiger charge is 2.46. The molecule has 0 bridgehead atoms. The maximum Gasteiger partial charge on any atom is 0.295 e. The number of phenolic OH excluding ortho intramolecular Hbond substituents is 1. The predicted molar refractivity (Wildman–Crippen MR) is 131 cm³/mol. The van der Waals surface area contributed by atoms with Crippen molar-refractivity contribution in [1.82, 2.24) is 9.80 Å². The Morgan fingerprint density at radius 2 is 1.74 bits per heavy atom. The van der Waals surface area contributed by atoms with Crippen LogP contribution in [0.15, 0.2) is 66.2 Å². The Labute approximate surface area is 198 Å². The second kappa shape index (κ2) is 9.57. The number of amides is 1. The van der Waals surface area contributed by atoms with Gasteiger partial charge in [-0.05, 0) is 56.2 Å². The van der Waals surface area contributed by atoms with Gasteiger partial charge in [0.2, 0.25) is 0 Å². The highest BCUT2D eigenvalue weighted by atomic mass is 16.5. The number of ketones is 1. The lowest BCUT2D eigenvalue weighted by Gasteiger charge is -2.26. The summed E-state index contributed by atoms with van der Waals surface area (Å²) in [5.74, 6) is -1.32. The number of nitrogens with zero attached hydrogens (tertiary/aromatic N) is 2. The number of hydrogen-bond donors (Lipinski definition) is 2. The molecule has 0 spiro atoms. The molecule has 1 fully saturated rings. The fraction of sp³-hybridized carbons (Fsp3) is 0.259. The van der Waals surface area contributed by atoms with Crippen LogP contribution in [-0.2, 0) is 9.59 Å². The Bertz CT molecular complexity index is 1260. The van der Waals surface area contributed by atoms with Gasteiger partial charge in [0.1, 0.15) is 17.3 Å². The number of aliphatic hydroxyl groups excluding tert-OH is 1. The molecule has 3 aromatic carbocycles. The van der Waals surface area contributed by atoms with E-state index in [-0.39, 0.29) is 16.9 Å². The fourth-order valence-electron chi connectivity index (χ4n) is 4.39. The molecule has 1 aliphatic rings. The molecule has 1 unspecified atom stereocenters. The molecule has 34 heavy (non-hydrogen) atoms. The maximum atomic E-state index is 13.2. The van der Waals surface area contributed by atoms with Crippen molar-refractivity contribution in [2.75, 3.05) is 34.3 Å². The first-order chi connectivity index (χ1) is 16.3. The van der Waals surface area contributed by atoms with Crippen molar-refractivity contribution >= 4 is 28.2 Å². The second-order valence-corrected chi connectivity index (χ2v) is 8.61. The van der Waals surface area contributed by atoms with Gasteiger partial charge in [-0.1, -0.05) is 42.5 Å². The van der Waals surface area contributed by atoms with Crippen LogP contribution in [-0.4, -0.2) is 66.0 Å². The van der Waals surface area contributed by atoms with Crippen LogP contribution >= 0.6 is 0 Å². The summed E-state index contributed by atoms with van der Waals surface area (Å²) >= 11 is 0. The topological polar surface area (TPSA) is 90.3 Å². The van der Waals surface area contributed by atoms with Crippen LogP contribution in [0.1, 0.15) is 23.6 Å². The van der Waals surface area contributed by atoms with E-state index in [2.05, 4.69) is 0 Å². The third kappa shape index (κ3) is 4.22. The number of ether oxygens (including phenoxy) is 1. The zero-order valence-electron chi connectivity index (χ0n) is 19.5. The van der Waals surface area contributed by atoms with Gasteiger partial charge in [0.15, 0.2) is 0 Å². The molecule has 3 aromatic rings. The summed E-state index contributed by atoms with van der Waals surface area (Å²) in [5.41, 5.74) is 0.751. The van der Waals surface area contributed by atoms with Gasteiger partial charge in [0.05, 0.1) is 24.3 Å². The van der Waals surface area contributed by atoms with Crippen molar-refractivity contribution < 1.29 is 24.5 Å². The summed E-state index contributed by atoms with van der Waals surface area (Å²) in [7, 11) is 5.44. The van der Waals surface area contributed by atoms with Crippen molar-refractivity contribution in [3.8, 4) is 11.5 Å². The van der Waals surface area contributed by atoms with Crippen LogP contribution in [0.4, 0.5) is 0 Å². The lowest BCUT2D eigenvalue weighted by molar-refractivity contribution is -0.139. The zero-order valence-corrected chi connectivity index (χ0v) is 19.5. The lowest BCUT2D eigenvalue weighted by atomic mass is 9.94. The summed E-state index contributed by atoms with van der Waals surface area (Å²) < 4.78 is 5.24. The quantitative estimate of drug-likeness (QED) is 0.316.